The molecule has 0 heterocycles. The Morgan fingerprint density at radius 3 is 2.43 bits per heavy atom. The Balaban J connectivity index is 1.45. The van der Waals surface area contributed by atoms with Gasteiger partial charge < -0.3 is 15.3 Å². The van der Waals surface area contributed by atoms with Crippen LogP contribution >= 0.6 is 0 Å². The van der Waals surface area contributed by atoms with Crippen LogP contribution in [-0.4, -0.2) is 69.8 Å². The second-order valence-corrected chi connectivity index (χ2v) is 14.5. The number of amides is 1. The van der Waals surface area contributed by atoms with Gasteiger partial charge in [-0.05, 0) is 97.7 Å². The number of nitrogens with zero attached hydrogens (tertiary/aromatic N) is 2. The van der Waals surface area contributed by atoms with Crippen molar-refractivity contribution in [1.29, 1.82) is 0 Å². The molecule has 0 spiro atoms. The minimum Gasteiger partial charge on any atom is -0.393 e. The average molecular weight is 545 g/mol. The number of aliphatic hydroxyl groups is 3. The van der Waals surface area contributed by atoms with Crippen LogP contribution in [0.4, 0.5) is 0 Å². The van der Waals surface area contributed by atoms with E-state index < -0.39 is 45.9 Å². The lowest BCUT2D eigenvalue weighted by Crippen LogP contribution is -2.62. The zero-order chi connectivity index (χ0) is 27.3. The molecule has 0 radical (unpaired) electrons. The lowest BCUT2D eigenvalue weighted by molar-refractivity contribution is -0.207. The summed E-state index contributed by atoms with van der Waals surface area (Å²) in [7, 11) is -4.32. The zero-order valence-electron chi connectivity index (χ0n) is 22.2. The van der Waals surface area contributed by atoms with E-state index >= 15 is 0 Å². The quantitative estimate of drug-likeness (QED) is 0.206. The summed E-state index contributed by atoms with van der Waals surface area (Å²) in [6.45, 7) is 6.01. The fourth-order valence-electron chi connectivity index (χ4n) is 9.23. The van der Waals surface area contributed by atoms with Crippen molar-refractivity contribution in [3.05, 3.63) is 4.91 Å². The van der Waals surface area contributed by atoms with E-state index in [9.17, 15) is 33.4 Å². The summed E-state index contributed by atoms with van der Waals surface area (Å²) in [6, 6.07) is 0. The Labute approximate surface area is 219 Å². The highest BCUT2D eigenvalue weighted by molar-refractivity contribution is 7.85. The number of rotatable bonds is 8. The maximum Gasteiger partial charge on any atom is 0.266 e. The fourth-order valence-corrected chi connectivity index (χ4v) is 9.63. The molecule has 0 bridgehead atoms. The lowest BCUT2D eigenvalue weighted by Gasteiger charge is -2.63. The summed E-state index contributed by atoms with van der Waals surface area (Å²) in [6.07, 6.45) is 4.75. The number of nitroso groups, excluding NO2 is 1. The monoisotopic (exact) mass is 544 g/mol. The summed E-state index contributed by atoms with van der Waals surface area (Å²) < 4.78 is 30.8. The van der Waals surface area contributed by atoms with Crippen molar-refractivity contribution >= 4 is 16.0 Å². The van der Waals surface area contributed by atoms with E-state index in [-0.39, 0.29) is 53.4 Å². The van der Waals surface area contributed by atoms with Gasteiger partial charge in [0.1, 0.15) is 0 Å². The molecule has 4 N–H and O–H groups in total. The van der Waals surface area contributed by atoms with Gasteiger partial charge in [-0.25, -0.2) is 0 Å². The highest BCUT2D eigenvalue weighted by Crippen LogP contribution is 2.68. The molecule has 4 aliphatic carbocycles. The molecule has 1 unspecified atom stereocenters. The van der Waals surface area contributed by atoms with Crippen LogP contribution in [0.2, 0.25) is 0 Å². The molecule has 212 valence electrons. The molecule has 37 heavy (non-hydrogen) atoms. The van der Waals surface area contributed by atoms with Gasteiger partial charge in [-0.2, -0.15) is 13.4 Å². The lowest BCUT2D eigenvalue weighted by atomic mass is 9.43. The van der Waals surface area contributed by atoms with Crippen LogP contribution in [0.3, 0.4) is 0 Å². The molecule has 11 heteroatoms. The van der Waals surface area contributed by atoms with E-state index in [0.717, 1.165) is 32.1 Å². The number of carbonyl (C=O) groups excluding carboxylic acids is 1. The summed E-state index contributed by atoms with van der Waals surface area (Å²) in [5.41, 5.74) is -0.384. The van der Waals surface area contributed by atoms with Gasteiger partial charge in [0, 0.05) is 6.42 Å². The standard InChI is InChI=1S/C26H44N2O8S/c1-15(4-7-23(32)28(27-33)10-11-37(34,35)36)18-5-6-19-24-20(14-22(31)26(18,19)3)25(2)9-8-17(29)12-16(25)13-21(24)30/h15-22,24,29-31H,4-14H2,1-3H3,(H,34,35,36)/t15-,16?,17-,18-,19+,20+,21-,22+,24+,25+,26-/m1/s1. The van der Waals surface area contributed by atoms with Crippen LogP contribution in [0, 0.1) is 51.2 Å². The second-order valence-electron chi connectivity index (χ2n) is 12.9. The normalized spacial score (nSPS) is 44.3. The highest BCUT2D eigenvalue weighted by Gasteiger charge is 2.65. The summed E-state index contributed by atoms with van der Waals surface area (Å²) in [5.74, 6) is -0.370. The first-order chi connectivity index (χ1) is 17.2. The molecular formula is C26H44N2O8S. The third-order valence-corrected chi connectivity index (χ3v) is 12.0. The molecule has 10 nitrogen and oxygen atoms in total. The third-order valence-electron chi connectivity index (χ3n) is 11.3. The molecule has 0 aliphatic heterocycles. The summed E-state index contributed by atoms with van der Waals surface area (Å²) in [5, 5.41) is 36.5. The Morgan fingerprint density at radius 2 is 1.78 bits per heavy atom. The Morgan fingerprint density at radius 1 is 1.08 bits per heavy atom. The minimum absolute atomic E-state index is 0.00883. The van der Waals surface area contributed by atoms with Crippen molar-refractivity contribution in [3.8, 4) is 0 Å². The molecule has 0 aromatic rings. The van der Waals surface area contributed by atoms with Crippen LogP contribution in [0.5, 0.6) is 0 Å². The van der Waals surface area contributed by atoms with Crippen LogP contribution in [0.1, 0.15) is 78.6 Å². The molecule has 4 fully saturated rings. The fraction of sp³-hybridized carbons (Fsp3) is 0.962. The number of hydrogen-bond donors (Lipinski definition) is 4. The Hall–Kier alpha value is -1.14. The van der Waals surface area contributed by atoms with Gasteiger partial charge in [-0.1, -0.05) is 20.8 Å². The van der Waals surface area contributed by atoms with Crippen molar-refractivity contribution in [3.63, 3.8) is 0 Å². The van der Waals surface area contributed by atoms with E-state index in [2.05, 4.69) is 26.1 Å². The first kappa shape index (κ1) is 28.9. The van der Waals surface area contributed by atoms with Crippen molar-refractivity contribution in [1.82, 2.24) is 5.01 Å². The van der Waals surface area contributed by atoms with E-state index in [0.29, 0.717) is 24.3 Å². The van der Waals surface area contributed by atoms with Crippen molar-refractivity contribution in [2.75, 3.05) is 12.3 Å². The van der Waals surface area contributed by atoms with Gasteiger partial charge in [-0.15, -0.1) is 4.91 Å². The average Bonchev–Trinajstić information content (AvgIpc) is 3.17. The number of aliphatic hydroxyl groups excluding tert-OH is 3. The van der Waals surface area contributed by atoms with Crippen LogP contribution in [0.25, 0.3) is 0 Å². The predicted molar refractivity (Wildman–Crippen MR) is 136 cm³/mol. The van der Waals surface area contributed by atoms with Gasteiger partial charge in [0.25, 0.3) is 10.1 Å². The van der Waals surface area contributed by atoms with Gasteiger partial charge in [0.15, 0.2) is 0 Å². The molecule has 0 aromatic heterocycles. The molecule has 1 amide bonds. The van der Waals surface area contributed by atoms with E-state index in [1.807, 2.05) is 0 Å². The van der Waals surface area contributed by atoms with E-state index in [1.165, 1.54) is 0 Å². The van der Waals surface area contributed by atoms with E-state index in [4.69, 9.17) is 4.55 Å². The van der Waals surface area contributed by atoms with Crippen molar-refractivity contribution in [2.24, 2.45) is 51.6 Å². The third kappa shape index (κ3) is 5.23. The molecule has 4 rings (SSSR count). The van der Waals surface area contributed by atoms with Gasteiger partial charge in [0.2, 0.25) is 5.91 Å². The molecule has 4 saturated carbocycles. The minimum atomic E-state index is -4.32. The SMILES string of the molecule is C[C@H](CCC(=O)N(CCS(=O)(=O)O)N=O)[C@H]1CC[C@H]2[C@@H]3[C@H](O)CC4C[C@H](O)CC[C@]4(C)[C@H]3C[C@H](O)[C@]12C. The van der Waals surface area contributed by atoms with Gasteiger partial charge in [-0.3, -0.25) is 9.35 Å². The molecule has 0 aromatic carbocycles. The number of carbonyl (C=O) groups is 1. The zero-order valence-corrected chi connectivity index (χ0v) is 23.0. The smallest absolute Gasteiger partial charge is 0.266 e. The summed E-state index contributed by atoms with van der Waals surface area (Å²) in [4.78, 5) is 23.6. The summed E-state index contributed by atoms with van der Waals surface area (Å²) >= 11 is 0. The first-order valence-corrected chi connectivity index (χ1v) is 15.5. The van der Waals surface area contributed by atoms with Crippen LogP contribution in [-0.2, 0) is 14.9 Å². The molecular weight excluding hydrogens is 500 g/mol. The topological polar surface area (TPSA) is 165 Å². The van der Waals surface area contributed by atoms with Gasteiger partial charge >= 0.3 is 0 Å². The molecule has 4 aliphatic rings. The Kier molecular flexibility index (Phi) is 8.15. The van der Waals surface area contributed by atoms with Crippen molar-refractivity contribution < 1.29 is 33.1 Å². The van der Waals surface area contributed by atoms with Crippen LogP contribution < -0.4 is 0 Å². The first-order valence-electron chi connectivity index (χ1n) is 13.8. The maximum absolute atomic E-state index is 12.5. The Bertz CT molecular complexity index is 978. The number of fused-ring (bicyclic) bond motifs is 5. The second kappa shape index (κ2) is 10.4. The molecule has 11 atom stereocenters. The number of hydrogen-bond acceptors (Lipinski definition) is 8. The van der Waals surface area contributed by atoms with Crippen LogP contribution in [0.15, 0.2) is 5.29 Å². The largest absolute Gasteiger partial charge is 0.393 e. The van der Waals surface area contributed by atoms with Gasteiger partial charge in [0.05, 0.1) is 35.9 Å². The van der Waals surface area contributed by atoms with Crippen molar-refractivity contribution in [2.45, 2.75) is 96.9 Å². The predicted octanol–water partition coefficient (Wildman–Crippen LogP) is 2.76. The maximum atomic E-state index is 12.5. The highest BCUT2D eigenvalue weighted by atomic mass is 32.2. The van der Waals surface area contributed by atoms with E-state index in [1.54, 1.807) is 0 Å². The molecule has 0 saturated heterocycles.